The van der Waals surface area contributed by atoms with Crippen molar-refractivity contribution in [2.45, 2.75) is 19.6 Å². The lowest BCUT2D eigenvalue weighted by atomic mass is 10.1. The number of halogens is 3. The van der Waals surface area contributed by atoms with Gasteiger partial charge in [-0.1, -0.05) is 36.4 Å². The van der Waals surface area contributed by atoms with E-state index in [0.29, 0.717) is 6.54 Å². The Balaban J connectivity index is 1.92. The van der Waals surface area contributed by atoms with Gasteiger partial charge in [0.05, 0.1) is 17.8 Å². The Morgan fingerprint density at radius 1 is 1.04 bits per heavy atom. The Bertz CT molecular complexity index is 684. The third-order valence-electron chi connectivity index (χ3n) is 3.37. The van der Waals surface area contributed by atoms with E-state index in [1.54, 1.807) is 0 Å². The van der Waals surface area contributed by atoms with E-state index in [-0.39, 0.29) is 12.2 Å². The zero-order valence-corrected chi connectivity index (χ0v) is 12.6. The van der Waals surface area contributed by atoms with Gasteiger partial charge in [0.25, 0.3) is 0 Å². The Morgan fingerprint density at radius 3 is 2.39 bits per heavy atom. The lowest BCUT2D eigenvalue weighted by Gasteiger charge is -2.14. The minimum absolute atomic E-state index is 0.0689. The highest BCUT2D eigenvalue weighted by molar-refractivity contribution is 5.93. The van der Waals surface area contributed by atoms with Crippen LogP contribution in [0.3, 0.4) is 0 Å². The van der Waals surface area contributed by atoms with E-state index < -0.39 is 17.6 Å². The fourth-order valence-corrected chi connectivity index (χ4v) is 2.15. The largest absolute Gasteiger partial charge is 0.418 e. The van der Waals surface area contributed by atoms with Crippen molar-refractivity contribution in [2.24, 2.45) is 0 Å². The Hall–Kier alpha value is -2.34. The molecule has 0 heterocycles. The molecule has 2 aromatic carbocycles. The van der Waals surface area contributed by atoms with Crippen molar-refractivity contribution in [3.63, 3.8) is 0 Å². The zero-order valence-electron chi connectivity index (χ0n) is 12.6. The number of nitrogens with one attached hydrogen (secondary N) is 2. The molecule has 0 radical (unpaired) electrons. The number of para-hydroxylation sites is 1. The van der Waals surface area contributed by atoms with Crippen LogP contribution in [0.15, 0.2) is 48.5 Å². The second kappa shape index (κ2) is 7.28. The van der Waals surface area contributed by atoms with Crippen molar-refractivity contribution >= 4 is 11.6 Å². The molecule has 0 unspecified atom stereocenters. The van der Waals surface area contributed by atoms with Crippen molar-refractivity contribution in [2.75, 3.05) is 11.9 Å². The Labute approximate surface area is 132 Å². The van der Waals surface area contributed by atoms with Crippen molar-refractivity contribution in [3.05, 3.63) is 65.2 Å². The molecule has 23 heavy (non-hydrogen) atoms. The number of amides is 1. The molecule has 0 bridgehead atoms. The fourth-order valence-electron chi connectivity index (χ4n) is 2.15. The number of benzene rings is 2. The molecular weight excluding hydrogens is 305 g/mol. The standard InChI is InChI=1S/C17H17F3N2O/c1-12-6-2-3-7-13(12)10-21-11-16(23)22-15-9-5-4-8-14(15)17(18,19)20/h2-9,21H,10-11H2,1H3,(H,22,23). The normalized spacial score (nSPS) is 11.3. The van der Waals surface area contributed by atoms with Crippen LogP contribution in [-0.2, 0) is 17.5 Å². The van der Waals surface area contributed by atoms with E-state index in [1.807, 2.05) is 31.2 Å². The van der Waals surface area contributed by atoms with Gasteiger partial charge >= 0.3 is 6.18 Å². The Morgan fingerprint density at radius 2 is 1.70 bits per heavy atom. The highest BCUT2D eigenvalue weighted by atomic mass is 19.4. The molecule has 1 amide bonds. The van der Waals surface area contributed by atoms with E-state index in [4.69, 9.17) is 0 Å². The van der Waals surface area contributed by atoms with Crippen LogP contribution in [0.2, 0.25) is 0 Å². The molecule has 3 nitrogen and oxygen atoms in total. The fraction of sp³-hybridized carbons (Fsp3) is 0.235. The van der Waals surface area contributed by atoms with E-state index in [2.05, 4.69) is 10.6 Å². The molecule has 2 N–H and O–H groups in total. The predicted molar refractivity (Wildman–Crippen MR) is 83.0 cm³/mol. The maximum atomic E-state index is 12.8. The number of carbonyl (C=O) groups excluding carboxylic acids is 1. The Kier molecular flexibility index (Phi) is 5.39. The monoisotopic (exact) mass is 322 g/mol. The minimum atomic E-state index is -4.50. The van der Waals surface area contributed by atoms with Gasteiger partial charge in [0.2, 0.25) is 5.91 Å². The third-order valence-corrected chi connectivity index (χ3v) is 3.37. The first-order chi connectivity index (χ1) is 10.9. The van der Waals surface area contributed by atoms with Crippen LogP contribution >= 0.6 is 0 Å². The van der Waals surface area contributed by atoms with Crippen LogP contribution in [0.5, 0.6) is 0 Å². The SMILES string of the molecule is Cc1ccccc1CNCC(=O)Nc1ccccc1C(F)(F)F. The van der Waals surface area contributed by atoms with Crippen LogP contribution in [0.1, 0.15) is 16.7 Å². The molecule has 0 aliphatic carbocycles. The summed E-state index contributed by atoms with van der Waals surface area (Å²) in [7, 11) is 0. The summed E-state index contributed by atoms with van der Waals surface area (Å²) in [6.45, 7) is 2.36. The third kappa shape index (κ3) is 4.82. The summed E-state index contributed by atoms with van der Waals surface area (Å²) in [6, 6.07) is 12.6. The molecular formula is C17H17F3N2O. The lowest BCUT2D eigenvalue weighted by molar-refractivity contribution is -0.137. The molecule has 0 saturated carbocycles. The minimum Gasteiger partial charge on any atom is -0.324 e. The van der Waals surface area contributed by atoms with Gasteiger partial charge in [0.15, 0.2) is 0 Å². The summed E-state index contributed by atoms with van der Waals surface area (Å²) < 4.78 is 38.5. The van der Waals surface area contributed by atoms with Crippen LogP contribution in [0.25, 0.3) is 0 Å². The van der Waals surface area contributed by atoms with Gasteiger partial charge in [-0.3, -0.25) is 4.79 Å². The maximum absolute atomic E-state index is 12.8. The molecule has 2 rings (SSSR count). The first-order valence-electron chi connectivity index (χ1n) is 7.09. The van der Waals surface area contributed by atoms with Gasteiger partial charge in [-0.2, -0.15) is 13.2 Å². The summed E-state index contributed by atoms with van der Waals surface area (Å²) in [5.41, 5.74) is 1.04. The van der Waals surface area contributed by atoms with E-state index in [1.165, 1.54) is 18.2 Å². The van der Waals surface area contributed by atoms with E-state index in [9.17, 15) is 18.0 Å². The smallest absolute Gasteiger partial charge is 0.324 e. The van der Waals surface area contributed by atoms with Crippen LogP contribution in [0.4, 0.5) is 18.9 Å². The number of rotatable bonds is 5. The predicted octanol–water partition coefficient (Wildman–Crippen LogP) is 3.74. The molecule has 0 saturated heterocycles. The van der Waals surface area contributed by atoms with Crippen LogP contribution in [0, 0.1) is 6.92 Å². The number of hydrogen-bond donors (Lipinski definition) is 2. The molecule has 0 aliphatic heterocycles. The molecule has 0 spiro atoms. The number of alkyl halides is 3. The molecule has 0 aromatic heterocycles. The highest BCUT2D eigenvalue weighted by Crippen LogP contribution is 2.34. The molecule has 0 atom stereocenters. The number of aryl methyl sites for hydroxylation is 1. The quantitative estimate of drug-likeness (QED) is 0.880. The van der Waals surface area contributed by atoms with E-state index >= 15 is 0 Å². The summed E-state index contributed by atoms with van der Waals surface area (Å²) in [4.78, 5) is 11.8. The lowest BCUT2D eigenvalue weighted by Crippen LogP contribution is -2.28. The van der Waals surface area contributed by atoms with Gasteiger partial charge in [0.1, 0.15) is 0 Å². The molecule has 0 aliphatic rings. The van der Waals surface area contributed by atoms with Crippen molar-refractivity contribution < 1.29 is 18.0 Å². The van der Waals surface area contributed by atoms with Gasteiger partial charge in [-0.05, 0) is 30.2 Å². The second-order valence-corrected chi connectivity index (χ2v) is 5.12. The summed E-state index contributed by atoms with van der Waals surface area (Å²) in [5.74, 6) is -0.518. The molecule has 122 valence electrons. The number of anilines is 1. The summed E-state index contributed by atoms with van der Waals surface area (Å²) >= 11 is 0. The average Bonchev–Trinajstić information content (AvgIpc) is 2.49. The molecule has 0 fully saturated rings. The van der Waals surface area contributed by atoms with Crippen molar-refractivity contribution in [1.82, 2.24) is 5.32 Å². The summed E-state index contributed by atoms with van der Waals surface area (Å²) in [5, 5.41) is 5.22. The average molecular weight is 322 g/mol. The summed E-state index contributed by atoms with van der Waals surface area (Å²) in [6.07, 6.45) is -4.50. The first kappa shape index (κ1) is 17.0. The van der Waals surface area contributed by atoms with Gasteiger partial charge in [0, 0.05) is 6.54 Å². The number of carbonyl (C=O) groups is 1. The molecule has 6 heteroatoms. The van der Waals surface area contributed by atoms with Crippen molar-refractivity contribution in [1.29, 1.82) is 0 Å². The van der Waals surface area contributed by atoms with Gasteiger partial charge in [-0.25, -0.2) is 0 Å². The van der Waals surface area contributed by atoms with Crippen LogP contribution in [-0.4, -0.2) is 12.5 Å². The topological polar surface area (TPSA) is 41.1 Å². The maximum Gasteiger partial charge on any atom is 0.418 e. The van der Waals surface area contributed by atoms with Gasteiger partial charge < -0.3 is 10.6 Å². The van der Waals surface area contributed by atoms with E-state index in [0.717, 1.165) is 17.2 Å². The molecule has 2 aromatic rings. The van der Waals surface area contributed by atoms with Gasteiger partial charge in [-0.15, -0.1) is 0 Å². The second-order valence-electron chi connectivity index (χ2n) is 5.12. The first-order valence-corrected chi connectivity index (χ1v) is 7.09. The highest BCUT2D eigenvalue weighted by Gasteiger charge is 2.33. The van der Waals surface area contributed by atoms with Crippen molar-refractivity contribution in [3.8, 4) is 0 Å². The van der Waals surface area contributed by atoms with Crippen LogP contribution < -0.4 is 10.6 Å². The zero-order chi connectivity index (χ0) is 16.9. The number of hydrogen-bond acceptors (Lipinski definition) is 2.